The van der Waals surface area contributed by atoms with E-state index in [0.717, 1.165) is 4.48 Å². The highest BCUT2D eigenvalue weighted by atomic mass is 35.5. The first-order valence-corrected chi connectivity index (χ1v) is 10.6. The molecule has 0 saturated carbocycles. The first-order valence-electron chi connectivity index (χ1n) is 10.6. The van der Waals surface area contributed by atoms with E-state index >= 15 is 0 Å². The zero-order valence-corrected chi connectivity index (χ0v) is 18.7. The lowest BCUT2D eigenvalue weighted by Crippen LogP contribution is -3.00. The molecule has 0 fully saturated rings. The molecule has 0 aliphatic heterocycles. The standard InChI is InChI=1S/C22H48N.ClH/c1-7-8-9-10-11-12-13-14-15-16-17-18-19-20-21-23(5,6)22(2,3)4;/h7-21H2,1-6H3;1H/q+1;/p-1. The van der Waals surface area contributed by atoms with Gasteiger partial charge in [-0.2, -0.15) is 0 Å². The van der Waals surface area contributed by atoms with E-state index in [1.165, 1.54) is 96.4 Å². The number of rotatable bonds is 15. The molecule has 0 N–H and O–H groups in total. The largest absolute Gasteiger partial charge is 1.00 e. The first-order chi connectivity index (χ1) is 10.8. The third-order valence-corrected chi connectivity index (χ3v) is 5.89. The molecule has 0 aliphatic carbocycles. The molecule has 0 aromatic carbocycles. The second kappa shape index (κ2) is 15.5. The quantitative estimate of drug-likeness (QED) is 0.300. The summed E-state index contributed by atoms with van der Waals surface area (Å²) in [6.07, 6.45) is 20.3. The predicted molar refractivity (Wildman–Crippen MR) is 107 cm³/mol. The van der Waals surface area contributed by atoms with Crippen LogP contribution in [0, 0.1) is 0 Å². The van der Waals surface area contributed by atoms with Gasteiger partial charge in [0.1, 0.15) is 0 Å². The lowest BCUT2D eigenvalue weighted by molar-refractivity contribution is -0.935. The molecule has 0 unspecified atom stereocenters. The van der Waals surface area contributed by atoms with Gasteiger partial charge in [0.05, 0.1) is 26.2 Å². The molecular formula is C22H48ClN. The average molecular weight is 362 g/mol. The fraction of sp³-hybridized carbons (Fsp3) is 1.00. The molecular weight excluding hydrogens is 314 g/mol. The van der Waals surface area contributed by atoms with Crippen LogP contribution in [-0.4, -0.2) is 30.7 Å². The molecule has 0 atom stereocenters. The van der Waals surface area contributed by atoms with Gasteiger partial charge in [-0.3, -0.25) is 0 Å². The Hall–Kier alpha value is 0.250. The minimum Gasteiger partial charge on any atom is -1.00 e. The van der Waals surface area contributed by atoms with Gasteiger partial charge >= 0.3 is 0 Å². The Balaban J connectivity index is 0. The second-order valence-electron chi connectivity index (χ2n) is 9.18. The van der Waals surface area contributed by atoms with Crippen LogP contribution in [0.3, 0.4) is 0 Å². The Labute approximate surface area is 161 Å². The zero-order chi connectivity index (χ0) is 17.6. The molecule has 148 valence electrons. The van der Waals surface area contributed by atoms with Crippen LogP contribution in [0.5, 0.6) is 0 Å². The van der Waals surface area contributed by atoms with Crippen molar-refractivity contribution in [2.45, 2.75) is 123 Å². The SMILES string of the molecule is CCCCCCCCCCCCCCCC[N+](C)(C)C(C)(C)C.[Cl-]. The summed E-state index contributed by atoms with van der Waals surface area (Å²) in [5, 5.41) is 0. The Morgan fingerprint density at radius 1 is 0.542 bits per heavy atom. The van der Waals surface area contributed by atoms with Crippen LogP contribution < -0.4 is 12.4 Å². The summed E-state index contributed by atoms with van der Waals surface area (Å²) in [5.74, 6) is 0. The summed E-state index contributed by atoms with van der Waals surface area (Å²) in [6, 6.07) is 0. The van der Waals surface area contributed by atoms with Gasteiger partial charge in [0.25, 0.3) is 0 Å². The van der Waals surface area contributed by atoms with E-state index in [-0.39, 0.29) is 12.4 Å². The summed E-state index contributed by atoms with van der Waals surface area (Å²) in [4.78, 5) is 0. The van der Waals surface area contributed by atoms with E-state index in [0.29, 0.717) is 5.54 Å². The number of nitrogens with zero attached hydrogens (tertiary/aromatic N) is 1. The monoisotopic (exact) mass is 361 g/mol. The number of quaternary nitrogens is 1. The van der Waals surface area contributed by atoms with Crippen molar-refractivity contribution in [3.8, 4) is 0 Å². The van der Waals surface area contributed by atoms with E-state index < -0.39 is 0 Å². The number of hydrogen-bond acceptors (Lipinski definition) is 0. The summed E-state index contributed by atoms with van der Waals surface area (Å²) in [5.41, 5.74) is 0.372. The minimum absolute atomic E-state index is 0. The average Bonchev–Trinajstić information content (AvgIpc) is 2.46. The van der Waals surface area contributed by atoms with Crippen LogP contribution in [0.25, 0.3) is 0 Å². The van der Waals surface area contributed by atoms with Crippen LogP contribution in [0.15, 0.2) is 0 Å². The van der Waals surface area contributed by atoms with Gasteiger partial charge in [-0.25, -0.2) is 0 Å². The van der Waals surface area contributed by atoms with Crippen molar-refractivity contribution in [2.75, 3.05) is 20.6 Å². The lowest BCUT2D eigenvalue weighted by atomic mass is 10.0. The maximum absolute atomic E-state index is 2.38. The fourth-order valence-electron chi connectivity index (χ4n) is 3.04. The molecule has 1 nitrogen and oxygen atoms in total. The van der Waals surface area contributed by atoms with Gasteiger partial charge in [0.15, 0.2) is 0 Å². The van der Waals surface area contributed by atoms with Gasteiger partial charge in [-0.05, 0) is 33.6 Å². The topological polar surface area (TPSA) is 0 Å². The maximum Gasteiger partial charge on any atom is 0.0903 e. The van der Waals surface area contributed by atoms with E-state index in [1.54, 1.807) is 0 Å². The highest BCUT2D eigenvalue weighted by Crippen LogP contribution is 2.20. The summed E-state index contributed by atoms with van der Waals surface area (Å²) in [7, 11) is 4.75. The molecule has 0 bridgehead atoms. The third-order valence-electron chi connectivity index (χ3n) is 5.89. The van der Waals surface area contributed by atoms with E-state index in [2.05, 4.69) is 41.8 Å². The van der Waals surface area contributed by atoms with Crippen molar-refractivity contribution in [1.82, 2.24) is 0 Å². The maximum atomic E-state index is 2.38. The van der Waals surface area contributed by atoms with Crippen LogP contribution in [0.1, 0.15) is 118 Å². The molecule has 0 saturated heterocycles. The molecule has 0 aliphatic rings. The molecule has 0 heterocycles. The summed E-state index contributed by atoms with van der Waals surface area (Å²) < 4.78 is 1.14. The van der Waals surface area contributed by atoms with Gasteiger partial charge in [0.2, 0.25) is 0 Å². The van der Waals surface area contributed by atoms with E-state index in [4.69, 9.17) is 0 Å². The van der Waals surface area contributed by atoms with Crippen molar-refractivity contribution >= 4 is 0 Å². The Kier molecular flexibility index (Phi) is 17.1. The smallest absolute Gasteiger partial charge is 0.0903 e. The minimum atomic E-state index is 0. The van der Waals surface area contributed by atoms with Crippen LogP contribution >= 0.6 is 0 Å². The van der Waals surface area contributed by atoms with Crippen LogP contribution in [0.4, 0.5) is 0 Å². The Bertz CT molecular complexity index is 255. The fourth-order valence-corrected chi connectivity index (χ4v) is 3.04. The lowest BCUT2D eigenvalue weighted by Gasteiger charge is -2.42. The first kappa shape index (κ1) is 26.5. The normalized spacial score (nSPS) is 12.2. The van der Waals surface area contributed by atoms with Crippen molar-refractivity contribution in [3.63, 3.8) is 0 Å². The van der Waals surface area contributed by atoms with E-state index in [1.807, 2.05) is 0 Å². The highest BCUT2D eigenvalue weighted by Gasteiger charge is 2.30. The number of halogens is 1. The van der Waals surface area contributed by atoms with Gasteiger partial charge in [-0.1, -0.05) is 84.0 Å². The molecule has 0 aromatic rings. The van der Waals surface area contributed by atoms with E-state index in [9.17, 15) is 0 Å². The predicted octanol–water partition coefficient (Wildman–Crippen LogP) is 4.35. The molecule has 24 heavy (non-hydrogen) atoms. The Morgan fingerprint density at radius 3 is 1.12 bits per heavy atom. The van der Waals surface area contributed by atoms with Crippen molar-refractivity contribution in [2.24, 2.45) is 0 Å². The van der Waals surface area contributed by atoms with Gasteiger partial charge in [0, 0.05) is 0 Å². The third kappa shape index (κ3) is 14.6. The zero-order valence-electron chi connectivity index (χ0n) is 17.9. The van der Waals surface area contributed by atoms with Crippen molar-refractivity contribution in [3.05, 3.63) is 0 Å². The molecule has 2 heteroatoms. The Morgan fingerprint density at radius 2 is 0.833 bits per heavy atom. The highest BCUT2D eigenvalue weighted by molar-refractivity contribution is 4.60. The second-order valence-corrected chi connectivity index (χ2v) is 9.18. The molecule has 0 spiro atoms. The molecule has 0 aromatic heterocycles. The molecule has 0 rings (SSSR count). The van der Waals surface area contributed by atoms with Crippen LogP contribution in [-0.2, 0) is 0 Å². The van der Waals surface area contributed by atoms with Crippen LogP contribution in [0.2, 0.25) is 0 Å². The number of unbranched alkanes of at least 4 members (excludes halogenated alkanes) is 13. The summed E-state index contributed by atoms with van der Waals surface area (Å²) >= 11 is 0. The summed E-state index contributed by atoms with van der Waals surface area (Å²) in [6.45, 7) is 10.7. The van der Waals surface area contributed by atoms with Crippen molar-refractivity contribution < 1.29 is 16.9 Å². The van der Waals surface area contributed by atoms with Crippen molar-refractivity contribution in [1.29, 1.82) is 0 Å². The molecule has 0 radical (unpaired) electrons. The van der Waals surface area contributed by atoms with Gasteiger partial charge in [-0.15, -0.1) is 0 Å². The molecule has 0 amide bonds. The number of hydrogen-bond donors (Lipinski definition) is 0. The van der Waals surface area contributed by atoms with Gasteiger partial charge < -0.3 is 16.9 Å².